The van der Waals surface area contributed by atoms with E-state index in [-0.39, 0.29) is 34.5 Å². The molecule has 1 aliphatic heterocycles. The largest absolute Gasteiger partial charge is 0.626 e. The number of sulfonamides is 1. The Bertz CT molecular complexity index is 767. The smallest absolute Gasteiger partial charge is 0.348 e. The first-order chi connectivity index (χ1) is 12.2. The molecule has 0 saturated carbocycles. The Morgan fingerprint density at radius 3 is 2.58 bits per heavy atom. The molecule has 2 N–H and O–H groups in total. The van der Waals surface area contributed by atoms with Gasteiger partial charge in [-0.05, 0) is 39.5 Å². The third-order valence-electron chi connectivity index (χ3n) is 4.62. The maximum Gasteiger partial charge on any atom is 0.348 e. The van der Waals surface area contributed by atoms with Gasteiger partial charge in [0.05, 0.1) is 31.7 Å². The van der Waals surface area contributed by atoms with Gasteiger partial charge in [-0.15, -0.1) is 0 Å². The lowest BCUT2D eigenvalue weighted by Crippen LogP contribution is -3.11. The zero-order valence-corrected chi connectivity index (χ0v) is 16.2. The van der Waals surface area contributed by atoms with Crippen LogP contribution in [0.4, 0.5) is 0 Å². The quantitative estimate of drug-likeness (QED) is 0.591. The van der Waals surface area contributed by atoms with Gasteiger partial charge in [-0.1, -0.05) is 0 Å². The van der Waals surface area contributed by atoms with Crippen molar-refractivity contribution in [2.45, 2.75) is 23.8 Å². The molecule has 2 atom stereocenters. The molecule has 1 fully saturated rings. The molecule has 0 radical (unpaired) electrons. The lowest BCUT2D eigenvalue weighted by atomic mass is 10.1. The molecule has 1 aliphatic rings. The molecular weight excluding hydrogens is 362 g/mol. The number of hydrogen-bond donors (Lipinski definition) is 2. The maximum atomic E-state index is 12.7. The van der Waals surface area contributed by atoms with Crippen LogP contribution < -0.4 is 19.3 Å². The zero-order chi connectivity index (χ0) is 19.5. The van der Waals surface area contributed by atoms with Crippen LogP contribution in [0.3, 0.4) is 0 Å². The SMILES string of the molecule is CNS(=O)(=O)c1cc(OC)c(OC)c(C(=O)[NH+]([O-])CC2CCCN2C)c1. The van der Waals surface area contributed by atoms with Gasteiger partial charge in [-0.25, -0.2) is 17.9 Å². The van der Waals surface area contributed by atoms with Crippen molar-refractivity contribution in [2.75, 3.05) is 41.4 Å². The van der Waals surface area contributed by atoms with Crippen LogP contribution >= 0.6 is 0 Å². The molecule has 2 unspecified atom stereocenters. The van der Waals surface area contributed by atoms with E-state index in [0.717, 1.165) is 25.5 Å². The summed E-state index contributed by atoms with van der Waals surface area (Å²) in [6.07, 6.45) is 1.83. The molecule has 0 aromatic heterocycles. The minimum absolute atomic E-state index is 0.0172. The van der Waals surface area contributed by atoms with Crippen molar-refractivity contribution in [1.82, 2.24) is 9.62 Å². The van der Waals surface area contributed by atoms with Crippen LogP contribution in [0.25, 0.3) is 0 Å². The molecule has 1 saturated heterocycles. The number of hydroxylamine groups is 2. The monoisotopic (exact) mass is 387 g/mol. The molecule has 146 valence electrons. The topological polar surface area (TPSA) is 112 Å². The van der Waals surface area contributed by atoms with Gasteiger partial charge in [0.25, 0.3) is 0 Å². The van der Waals surface area contributed by atoms with Crippen molar-refractivity contribution in [3.8, 4) is 11.5 Å². The summed E-state index contributed by atoms with van der Waals surface area (Å²) in [6.45, 7) is 0.975. The fourth-order valence-corrected chi connectivity index (χ4v) is 3.85. The van der Waals surface area contributed by atoms with E-state index in [9.17, 15) is 18.4 Å². The van der Waals surface area contributed by atoms with Crippen LogP contribution in [0, 0.1) is 5.21 Å². The molecule has 1 amide bonds. The molecule has 0 spiro atoms. The van der Waals surface area contributed by atoms with Gasteiger partial charge in [0.1, 0.15) is 5.56 Å². The van der Waals surface area contributed by atoms with Crippen molar-refractivity contribution >= 4 is 15.9 Å². The summed E-state index contributed by atoms with van der Waals surface area (Å²) in [7, 11) is 2.01. The molecular formula is C16H25N3O6S. The van der Waals surface area contributed by atoms with E-state index in [1.165, 1.54) is 27.3 Å². The molecule has 1 aromatic carbocycles. The standard InChI is InChI=1S/C16H25N3O6S/c1-17-26(22,23)12-8-13(15(25-4)14(9-12)24-3)16(20)19(21)10-11-6-5-7-18(11)2/h8-9,11,17,19H,5-7,10H2,1-4H3. The van der Waals surface area contributed by atoms with E-state index in [2.05, 4.69) is 4.72 Å². The average Bonchev–Trinajstić information content (AvgIpc) is 3.04. The van der Waals surface area contributed by atoms with Crippen LogP contribution in [0.1, 0.15) is 23.2 Å². The Morgan fingerprint density at radius 2 is 2.08 bits per heavy atom. The number of nitrogens with one attached hydrogen (secondary N) is 2. The number of hydrogen-bond acceptors (Lipinski definition) is 7. The summed E-state index contributed by atoms with van der Waals surface area (Å²) >= 11 is 0. The lowest BCUT2D eigenvalue weighted by Gasteiger charge is -2.27. The highest BCUT2D eigenvalue weighted by Gasteiger charge is 2.30. The summed E-state index contributed by atoms with van der Waals surface area (Å²) in [4.78, 5) is 14.6. The third kappa shape index (κ3) is 4.15. The Balaban J connectivity index is 2.41. The van der Waals surface area contributed by atoms with Gasteiger partial charge in [-0.3, -0.25) is 4.90 Å². The second-order valence-electron chi connectivity index (χ2n) is 6.15. The summed E-state index contributed by atoms with van der Waals surface area (Å²) in [5, 5.41) is 11.9. The number of carbonyl (C=O) groups is 1. The zero-order valence-electron chi connectivity index (χ0n) is 15.4. The number of carbonyl (C=O) groups excluding carboxylic acids is 1. The number of methoxy groups -OCH3 is 2. The number of amides is 1. The van der Waals surface area contributed by atoms with Crippen LogP contribution in [0.15, 0.2) is 17.0 Å². The Hall–Kier alpha value is -1.72. The predicted octanol–water partition coefficient (Wildman–Crippen LogP) is -0.771. The van der Waals surface area contributed by atoms with Gasteiger partial charge in [0.2, 0.25) is 10.0 Å². The first-order valence-corrected chi connectivity index (χ1v) is 9.70. The van der Waals surface area contributed by atoms with Gasteiger partial charge < -0.3 is 19.7 Å². The van der Waals surface area contributed by atoms with Crippen LogP contribution in [0.5, 0.6) is 11.5 Å². The van der Waals surface area contributed by atoms with Crippen LogP contribution in [-0.4, -0.2) is 66.7 Å². The van der Waals surface area contributed by atoms with Gasteiger partial charge in [-0.2, -0.15) is 0 Å². The maximum absolute atomic E-state index is 12.7. The van der Waals surface area contributed by atoms with E-state index in [1.807, 2.05) is 11.9 Å². The fourth-order valence-electron chi connectivity index (χ4n) is 3.07. The third-order valence-corrected chi connectivity index (χ3v) is 6.02. The van der Waals surface area contributed by atoms with E-state index in [4.69, 9.17) is 9.47 Å². The van der Waals surface area contributed by atoms with Gasteiger partial charge >= 0.3 is 5.91 Å². The number of benzene rings is 1. The second kappa shape index (κ2) is 8.31. The summed E-state index contributed by atoms with van der Waals surface area (Å²) in [5.74, 6) is -0.674. The van der Waals surface area contributed by atoms with E-state index >= 15 is 0 Å². The Morgan fingerprint density at radius 1 is 1.38 bits per heavy atom. The molecule has 26 heavy (non-hydrogen) atoms. The summed E-state index contributed by atoms with van der Waals surface area (Å²) < 4.78 is 36.8. The van der Waals surface area contributed by atoms with Gasteiger partial charge in [0, 0.05) is 6.07 Å². The number of quaternary nitrogens is 1. The van der Waals surface area contributed by atoms with Gasteiger partial charge in [0.15, 0.2) is 11.5 Å². The molecule has 9 nitrogen and oxygen atoms in total. The van der Waals surface area contributed by atoms with Crippen LogP contribution in [-0.2, 0) is 10.0 Å². The Kier molecular flexibility index (Phi) is 6.58. The highest BCUT2D eigenvalue weighted by atomic mass is 32.2. The average molecular weight is 387 g/mol. The van der Waals surface area contributed by atoms with E-state index < -0.39 is 21.0 Å². The molecule has 1 aromatic rings. The Labute approximate surface area is 153 Å². The fraction of sp³-hybridized carbons (Fsp3) is 0.562. The molecule has 2 rings (SSSR count). The molecule has 0 aliphatic carbocycles. The second-order valence-corrected chi connectivity index (χ2v) is 8.03. The number of ether oxygens (including phenoxy) is 2. The lowest BCUT2D eigenvalue weighted by molar-refractivity contribution is -0.760. The van der Waals surface area contributed by atoms with Crippen molar-refractivity contribution in [3.05, 3.63) is 22.9 Å². The number of likely N-dealkylation sites (tertiary alicyclic amines) is 1. The van der Waals surface area contributed by atoms with Crippen molar-refractivity contribution in [3.63, 3.8) is 0 Å². The normalized spacial score (nSPS) is 19.3. The van der Waals surface area contributed by atoms with Crippen molar-refractivity contribution in [1.29, 1.82) is 0 Å². The molecule has 1 heterocycles. The molecule has 10 heteroatoms. The number of likely N-dealkylation sites (N-methyl/N-ethyl adjacent to an activating group) is 1. The minimum atomic E-state index is -3.83. The highest BCUT2D eigenvalue weighted by Crippen LogP contribution is 2.33. The van der Waals surface area contributed by atoms with Crippen LogP contribution in [0.2, 0.25) is 0 Å². The summed E-state index contributed by atoms with van der Waals surface area (Å²) in [6, 6.07) is 2.41. The predicted molar refractivity (Wildman–Crippen MR) is 95.0 cm³/mol. The first-order valence-electron chi connectivity index (χ1n) is 8.22. The summed E-state index contributed by atoms with van der Waals surface area (Å²) in [5.41, 5.74) is -0.119. The number of nitrogens with zero attached hydrogens (tertiary/aromatic N) is 1. The van der Waals surface area contributed by atoms with Crippen molar-refractivity contribution in [2.24, 2.45) is 0 Å². The number of rotatable bonds is 7. The van der Waals surface area contributed by atoms with Crippen molar-refractivity contribution < 1.29 is 27.7 Å². The first kappa shape index (κ1) is 20.6. The highest BCUT2D eigenvalue weighted by molar-refractivity contribution is 7.89. The van der Waals surface area contributed by atoms with E-state index in [1.54, 1.807) is 0 Å². The van der Waals surface area contributed by atoms with E-state index in [0.29, 0.717) is 0 Å². The molecule has 0 bridgehead atoms. The minimum Gasteiger partial charge on any atom is -0.626 e.